The molecule has 17 heavy (non-hydrogen) atoms. The summed E-state index contributed by atoms with van der Waals surface area (Å²) in [5.74, 6) is 0.787. The summed E-state index contributed by atoms with van der Waals surface area (Å²) >= 11 is 0. The molecule has 0 saturated heterocycles. The van der Waals surface area contributed by atoms with Crippen molar-refractivity contribution >= 4 is 0 Å². The van der Waals surface area contributed by atoms with Gasteiger partial charge in [-0.2, -0.15) is 0 Å². The van der Waals surface area contributed by atoms with Crippen LogP contribution in [0.4, 0.5) is 0 Å². The minimum absolute atomic E-state index is 0.755. The van der Waals surface area contributed by atoms with Gasteiger partial charge in [-0.1, -0.05) is 38.1 Å². The quantitative estimate of drug-likeness (QED) is 0.811. The molecule has 0 bridgehead atoms. The highest BCUT2D eigenvalue weighted by Crippen LogP contribution is 2.34. The molecule has 0 amide bonds. The molecule has 1 nitrogen and oxygen atoms in total. The van der Waals surface area contributed by atoms with Crippen LogP contribution in [0.25, 0.3) is 0 Å². The smallest absolute Gasteiger partial charge is 0.00730 e. The summed E-state index contributed by atoms with van der Waals surface area (Å²) in [6.07, 6.45) is 6.41. The zero-order valence-electron chi connectivity index (χ0n) is 11.2. The van der Waals surface area contributed by atoms with E-state index in [1.807, 2.05) is 0 Å². The van der Waals surface area contributed by atoms with Crippen molar-refractivity contribution in [1.82, 2.24) is 5.32 Å². The molecule has 0 aliphatic heterocycles. The second-order valence-corrected chi connectivity index (χ2v) is 5.26. The van der Waals surface area contributed by atoms with Crippen molar-refractivity contribution < 1.29 is 0 Å². The van der Waals surface area contributed by atoms with Crippen LogP contribution >= 0.6 is 0 Å². The molecule has 1 saturated carbocycles. The molecule has 2 rings (SSSR count). The van der Waals surface area contributed by atoms with E-state index >= 15 is 0 Å². The Hall–Kier alpha value is -0.820. The van der Waals surface area contributed by atoms with Gasteiger partial charge in [0, 0.05) is 6.04 Å². The van der Waals surface area contributed by atoms with Gasteiger partial charge in [-0.15, -0.1) is 0 Å². The van der Waals surface area contributed by atoms with Crippen molar-refractivity contribution in [1.29, 1.82) is 0 Å². The maximum atomic E-state index is 3.65. The van der Waals surface area contributed by atoms with E-state index in [4.69, 9.17) is 0 Å². The average molecular weight is 231 g/mol. The van der Waals surface area contributed by atoms with Gasteiger partial charge in [-0.3, -0.25) is 0 Å². The van der Waals surface area contributed by atoms with Crippen LogP contribution in [0, 0.1) is 0 Å². The second-order valence-electron chi connectivity index (χ2n) is 5.26. The first kappa shape index (κ1) is 12.6. The normalized spacial score (nSPS) is 24.1. The summed E-state index contributed by atoms with van der Waals surface area (Å²) < 4.78 is 0. The molecular weight excluding hydrogens is 206 g/mol. The van der Waals surface area contributed by atoms with Crippen LogP contribution in [0.3, 0.4) is 0 Å². The molecule has 0 aromatic heterocycles. The highest BCUT2D eigenvalue weighted by molar-refractivity contribution is 5.26. The van der Waals surface area contributed by atoms with Crippen molar-refractivity contribution in [2.45, 2.75) is 57.9 Å². The number of benzene rings is 1. The van der Waals surface area contributed by atoms with Gasteiger partial charge in [-0.05, 0) is 55.7 Å². The van der Waals surface area contributed by atoms with Gasteiger partial charge in [0.1, 0.15) is 0 Å². The predicted molar refractivity (Wildman–Crippen MR) is 74.5 cm³/mol. The van der Waals surface area contributed by atoms with E-state index in [0.29, 0.717) is 0 Å². The van der Waals surface area contributed by atoms with Crippen LogP contribution in [-0.4, -0.2) is 12.6 Å². The Kier molecular flexibility index (Phi) is 4.61. The van der Waals surface area contributed by atoms with Crippen molar-refractivity contribution in [2.75, 3.05) is 6.54 Å². The first-order valence-electron chi connectivity index (χ1n) is 7.15. The third-order valence-electron chi connectivity index (χ3n) is 3.98. The fraction of sp³-hybridized carbons (Fsp3) is 0.625. The van der Waals surface area contributed by atoms with Crippen molar-refractivity contribution in [3.63, 3.8) is 0 Å². The summed E-state index contributed by atoms with van der Waals surface area (Å²) in [7, 11) is 0. The minimum atomic E-state index is 0.755. The van der Waals surface area contributed by atoms with Gasteiger partial charge >= 0.3 is 0 Å². The number of hydrogen-bond acceptors (Lipinski definition) is 1. The van der Waals surface area contributed by atoms with Crippen molar-refractivity contribution in [3.05, 3.63) is 35.4 Å². The number of nitrogens with one attached hydrogen (secondary N) is 1. The van der Waals surface area contributed by atoms with Gasteiger partial charge in [0.2, 0.25) is 0 Å². The molecule has 0 spiro atoms. The van der Waals surface area contributed by atoms with Gasteiger partial charge in [-0.25, -0.2) is 0 Å². The Labute approximate surface area is 106 Å². The molecule has 1 N–H and O–H groups in total. The third kappa shape index (κ3) is 3.32. The molecule has 1 aromatic carbocycles. The Balaban J connectivity index is 1.90. The molecule has 1 fully saturated rings. The lowest BCUT2D eigenvalue weighted by atomic mass is 9.96. The lowest BCUT2D eigenvalue weighted by molar-refractivity contribution is 0.517. The van der Waals surface area contributed by atoms with E-state index in [1.165, 1.54) is 37.8 Å². The van der Waals surface area contributed by atoms with Gasteiger partial charge in [0.15, 0.2) is 0 Å². The Morgan fingerprint density at radius 2 is 1.88 bits per heavy atom. The molecular formula is C16H25N. The molecule has 2 atom stereocenters. The van der Waals surface area contributed by atoms with E-state index < -0.39 is 0 Å². The first-order chi connectivity index (χ1) is 8.33. The van der Waals surface area contributed by atoms with Gasteiger partial charge < -0.3 is 5.32 Å². The topological polar surface area (TPSA) is 12.0 Å². The highest BCUT2D eigenvalue weighted by atomic mass is 14.9. The van der Waals surface area contributed by atoms with Crippen LogP contribution in [0.5, 0.6) is 0 Å². The molecule has 1 aliphatic carbocycles. The molecule has 0 radical (unpaired) electrons. The summed E-state index contributed by atoms with van der Waals surface area (Å²) in [5.41, 5.74) is 3.00. The van der Waals surface area contributed by atoms with Gasteiger partial charge in [0.05, 0.1) is 0 Å². The van der Waals surface area contributed by atoms with Crippen LogP contribution in [0.2, 0.25) is 0 Å². The van der Waals surface area contributed by atoms with E-state index in [2.05, 4.69) is 43.4 Å². The summed E-state index contributed by atoms with van der Waals surface area (Å²) in [4.78, 5) is 0. The van der Waals surface area contributed by atoms with Crippen molar-refractivity contribution in [2.24, 2.45) is 0 Å². The highest BCUT2D eigenvalue weighted by Gasteiger charge is 2.24. The van der Waals surface area contributed by atoms with Crippen molar-refractivity contribution in [3.8, 4) is 0 Å². The summed E-state index contributed by atoms with van der Waals surface area (Å²) in [6.45, 7) is 5.63. The van der Waals surface area contributed by atoms with E-state index in [9.17, 15) is 0 Å². The predicted octanol–water partition coefficient (Wildman–Crippen LogP) is 3.88. The fourth-order valence-corrected chi connectivity index (χ4v) is 2.84. The van der Waals surface area contributed by atoms with Gasteiger partial charge in [0.25, 0.3) is 0 Å². The number of rotatable bonds is 5. The zero-order chi connectivity index (χ0) is 12.1. The number of hydrogen-bond donors (Lipinski definition) is 1. The van der Waals surface area contributed by atoms with E-state index in [-0.39, 0.29) is 0 Å². The van der Waals surface area contributed by atoms with Crippen LogP contribution in [0.1, 0.15) is 56.6 Å². The third-order valence-corrected chi connectivity index (χ3v) is 3.98. The standard InChI is InChI=1S/C16H25N/c1-3-11-17-16-10-9-15(12-16)14-7-5-13(4-2)6-8-14/h5-8,15-17H,3-4,9-12H2,1-2H3. The van der Waals surface area contributed by atoms with Crippen LogP contribution < -0.4 is 5.32 Å². The summed E-state index contributed by atoms with van der Waals surface area (Å²) in [5, 5.41) is 3.65. The largest absolute Gasteiger partial charge is 0.314 e. The first-order valence-corrected chi connectivity index (χ1v) is 7.15. The second kappa shape index (κ2) is 6.20. The number of aryl methyl sites for hydroxylation is 1. The maximum absolute atomic E-state index is 3.65. The van der Waals surface area contributed by atoms with Crippen LogP contribution in [-0.2, 0) is 6.42 Å². The minimum Gasteiger partial charge on any atom is -0.314 e. The average Bonchev–Trinajstić information content (AvgIpc) is 2.85. The van der Waals surface area contributed by atoms with Crippen LogP contribution in [0.15, 0.2) is 24.3 Å². The zero-order valence-corrected chi connectivity index (χ0v) is 11.2. The monoisotopic (exact) mass is 231 g/mol. The molecule has 2 unspecified atom stereocenters. The van der Waals surface area contributed by atoms with E-state index in [1.54, 1.807) is 5.56 Å². The SMILES string of the molecule is CCCNC1CCC(c2ccc(CC)cc2)C1. The Bertz CT molecular complexity index is 328. The lowest BCUT2D eigenvalue weighted by Gasteiger charge is -2.13. The summed E-state index contributed by atoms with van der Waals surface area (Å²) in [6, 6.07) is 10.0. The Morgan fingerprint density at radius 1 is 1.12 bits per heavy atom. The lowest BCUT2D eigenvalue weighted by Crippen LogP contribution is -2.26. The molecule has 1 aromatic rings. The molecule has 1 aliphatic rings. The molecule has 0 heterocycles. The molecule has 1 heteroatoms. The maximum Gasteiger partial charge on any atom is 0.00730 e. The fourth-order valence-electron chi connectivity index (χ4n) is 2.84. The van der Waals surface area contributed by atoms with E-state index in [0.717, 1.165) is 18.4 Å². The Morgan fingerprint density at radius 3 is 2.53 bits per heavy atom. The molecule has 94 valence electrons.